The molecule has 0 aliphatic heterocycles. The molecule has 15 N–H and O–H groups in total. The lowest BCUT2D eigenvalue weighted by atomic mass is 10.0. The smallest absolute Gasteiger partial charge is 0.326 e. The number of aliphatic imine (C=N–C) groups is 1. The zero-order valence-electron chi connectivity index (χ0n) is 22.3. The van der Waals surface area contributed by atoms with Crippen LogP contribution in [0.25, 0.3) is 0 Å². The first-order valence-corrected chi connectivity index (χ1v) is 13.0. The number of nitrogens with one attached hydrogen (secondary N) is 3. The van der Waals surface area contributed by atoms with Crippen LogP contribution in [0.15, 0.2) is 4.99 Å². The molecule has 0 bridgehead atoms. The Hall–Kier alpha value is -3.50. The van der Waals surface area contributed by atoms with E-state index in [1.807, 2.05) is 0 Å². The molecule has 0 aromatic carbocycles. The zero-order valence-corrected chi connectivity index (χ0v) is 22.3. The van der Waals surface area contributed by atoms with Crippen molar-refractivity contribution < 1.29 is 34.2 Å². The maximum atomic E-state index is 13.1. The van der Waals surface area contributed by atoms with Gasteiger partial charge in [-0.05, 0) is 70.9 Å². The van der Waals surface area contributed by atoms with Crippen LogP contribution in [0.1, 0.15) is 64.2 Å². The van der Waals surface area contributed by atoms with E-state index >= 15 is 0 Å². The standard InChI is InChI=1S/C23H45N9O7/c24-11-3-1-7-15(20(36)32-17(22(38)39)8-2-4-12-25)31-21(37)16(9-10-18(33)34)30-19(35)14(26)6-5-13-29-23(27)28/h14-17H,1-13,24-26H2,(H,30,35)(H,31,37)(H,32,36)(H,33,34)(H,38,39)(H4,27,28,29). The molecule has 0 spiro atoms. The van der Waals surface area contributed by atoms with Crippen molar-refractivity contribution >= 4 is 35.6 Å². The maximum absolute atomic E-state index is 13.1. The third-order valence-electron chi connectivity index (χ3n) is 5.73. The predicted octanol–water partition coefficient (Wildman–Crippen LogP) is -2.97. The fraction of sp³-hybridized carbons (Fsp3) is 0.739. The predicted molar refractivity (Wildman–Crippen MR) is 144 cm³/mol. The van der Waals surface area contributed by atoms with Gasteiger partial charge in [0, 0.05) is 13.0 Å². The molecule has 0 rings (SSSR count). The second kappa shape index (κ2) is 20.5. The van der Waals surface area contributed by atoms with Gasteiger partial charge in [-0.2, -0.15) is 0 Å². The van der Waals surface area contributed by atoms with E-state index in [1.54, 1.807) is 0 Å². The number of rotatable bonds is 22. The van der Waals surface area contributed by atoms with E-state index in [0.717, 1.165) is 0 Å². The summed E-state index contributed by atoms with van der Waals surface area (Å²) in [6.07, 6.45) is 2.24. The van der Waals surface area contributed by atoms with E-state index in [4.69, 9.17) is 33.8 Å². The van der Waals surface area contributed by atoms with Gasteiger partial charge in [-0.25, -0.2) is 4.79 Å². The van der Waals surface area contributed by atoms with E-state index in [0.29, 0.717) is 45.2 Å². The number of amides is 3. The fourth-order valence-corrected chi connectivity index (χ4v) is 3.52. The fourth-order valence-electron chi connectivity index (χ4n) is 3.52. The Kier molecular flexibility index (Phi) is 18.6. The molecule has 16 nitrogen and oxygen atoms in total. The minimum atomic E-state index is -1.30. The first-order chi connectivity index (χ1) is 18.4. The van der Waals surface area contributed by atoms with Gasteiger partial charge in [0.1, 0.15) is 18.1 Å². The molecule has 4 atom stereocenters. The van der Waals surface area contributed by atoms with Crippen molar-refractivity contribution in [1.82, 2.24) is 16.0 Å². The summed E-state index contributed by atoms with van der Waals surface area (Å²) in [7, 11) is 0. The van der Waals surface area contributed by atoms with Crippen molar-refractivity contribution in [3.05, 3.63) is 0 Å². The highest BCUT2D eigenvalue weighted by molar-refractivity contribution is 5.94. The van der Waals surface area contributed by atoms with Gasteiger partial charge in [0.05, 0.1) is 6.04 Å². The van der Waals surface area contributed by atoms with Crippen LogP contribution in [0.3, 0.4) is 0 Å². The van der Waals surface area contributed by atoms with Crippen molar-refractivity contribution in [1.29, 1.82) is 0 Å². The van der Waals surface area contributed by atoms with Crippen molar-refractivity contribution in [2.24, 2.45) is 33.7 Å². The van der Waals surface area contributed by atoms with Crippen molar-refractivity contribution in [2.45, 2.75) is 88.4 Å². The molecule has 16 heteroatoms. The number of carboxylic acid groups (broad SMARTS) is 2. The molecule has 0 radical (unpaired) electrons. The molecule has 0 saturated heterocycles. The van der Waals surface area contributed by atoms with Crippen molar-refractivity contribution in [2.75, 3.05) is 19.6 Å². The lowest BCUT2D eigenvalue weighted by Crippen LogP contribution is -2.57. The highest BCUT2D eigenvalue weighted by Gasteiger charge is 2.30. The number of unbranched alkanes of at least 4 members (excludes halogenated alkanes) is 2. The van der Waals surface area contributed by atoms with Crippen molar-refractivity contribution in [3.8, 4) is 0 Å². The van der Waals surface area contributed by atoms with Gasteiger partial charge in [-0.3, -0.25) is 24.2 Å². The van der Waals surface area contributed by atoms with Gasteiger partial charge in [-0.15, -0.1) is 0 Å². The molecule has 0 aromatic heterocycles. The quantitative estimate of drug-likeness (QED) is 0.0361. The average molecular weight is 560 g/mol. The van der Waals surface area contributed by atoms with Crippen LogP contribution >= 0.6 is 0 Å². The number of carboxylic acids is 2. The van der Waals surface area contributed by atoms with E-state index in [1.165, 1.54) is 0 Å². The second-order valence-electron chi connectivity index (χ2n) is 9.08. The molecule has 0 aliphatic carbocycles. The largest absolute Gasteiger partial charge is 0.481 e. The van der Waals surface area contributed by atoms with Gasteiger partial charge in [0.2, 0.25) is 17.7 Å². The summed E-state index contributed by atoms with van der Waals surface area (Å²) in [5, 5.41) is 26.0. The van der Waals surface area contributed by atoms with Crippen LogP contribution in [-0.2, 0) is 24.0 Å². The minimum absolute atomic E-state index is 0.103. The molecule has 224 valence electrons. The van der Waals surface area contributed by atoms with Gasteiger partial charge >= 0.3 is 11.9 Å². The highest BCUT2D eigenvalue weighted by Crippen LogP contribution is 2.07. The van der Waals surface area contributed by atoms with Gasteiger partial charge in [-0.1, -0.05) is 0 Å². The van der Waals surface area contributed by atoms with E-state index in [2.05, 4.69) is 20.9 Å². The molecule has 0 heterocycles. The Morgan fingerprint density at radius 3 is 1.64 bits per heavy atom. The lowest BCUT2D eigenvalue weighted by Gasteiger charge is -2.25. The third kappa shape index (κ3) is 16.9. The van der Waals surface area contributed by atoms with E-state index in [9.17, 15) is 29.1 Å². The van der Waals surface area contributed by atoms with Crippen LogP contribution in [0.4, 0.5) is 0 Å². The SMILES string of the molecule is NCCCCC(NC(=O)C(CCCCN)NC(=O)C(CCC(=O)O)NC(=O)C(N)CCCN=C(N)N)C(=O)O. The molecular formula is C23H45N9O7. The second-order valence-corrected chi connectivity index (χ2v) is 9.08. The van der Waals surface area contributed by atoms with Crippen LogP contribution in [0, 0.1) is 0 Å². The maximum Gasteiger partial charge on any atom is 0.326 e. The summed E-state index contributed by atoms with van der Waals surface area (Å²) in [6.45, 7) is 0.967. The summed E-state index contributed by atoms with van der Waals surface area (Å²) >= 11 is 0. The number of guanidine groups is 1. The number of nitrogens with two attached hydrogens (primary N) is 5. The van der Waals surface area contributed by atoms with Crippen LogP contribution in [0.2, 0.25) is 0 Å². The summed E-state index contributed by atoms with van der Waals surface area (Å²) in [6, 6.07) is -4.65. The van der Waals surface area contributed by atoms with Crippen LogP contribution in [0.5, 0.6) is 0 Å². The normalized spacial score (nSPS) is 13.8. The highest BCUT2D eigenvalue weighted by atomic mass is 16.4. The monoisotopic (exact) mass is 559 g/mol. The molecule has 39 heavy (non-hydrogen) atoms. The van der Waals surface area contributed by atoms with Crippen LogP contribution < -0.4 is 44.6 Å². The topological polar surface area (TPSA) is 304 Å². The van der Waals surface area contributed by atoms with Crippen LogP contribution in [-0.4, -0.2) is 89.6 Å². The van der Waals surface area contributed by atoms with Crippen molar-refractivity contribution in [3.63, 3.8) is 0 Å². The van der Waals surface area contributed by atoms with Gasteiger partial charge < -0.3 is 54.8 Å². The summed E-state index contributed by atoms with van der Waals surface area (Å²) in [4.78, 5) is 65.2. The molecule has 0 aliphatic rings. The molecule has 0 fully saturated rings. The number of nitrogens with zero attached hydrogens (tertiary/aromatic N) is 1. The third-order valence-corrected chi connectivity index (χ3v) is 5.73. The Morgan fingerprint density at radius 1 is 0.667 bits per heavy atom. The molecule has 4 unspecified atom stereocenters. The Labute approximate surface area is 227 Å². The average Bonchev–Trinajstić information content (AvgIpc) is 2.87. The minimum Gasteiger partial charge on any atom is -0.481 e. The summed E-state index contributed by atoms with van der Waals surface area (Å²) < 4.78 is 0. The summed E-state index contributed by atoms with van der Waals surface area (Å²) in [5.74, 6) is -4.75. The Balaban J connectivity index is 5.49. The summed E-state index contributed by atoms with van der Waals surface area (Å²) in [5.41, 5.74) is 27.4. The molecule has 0 aromatic rings. The van der Waals surface area contributed by atoms with Gasteiger partial charge in [0.15, 0.2) is 5.96 Å². The van der Waals surface area contributed by atoms with E-state index < -0.39 is 60.2 Å². The van der Waals surface area contributed by atoms with E-state index in [-0.39, 0.29) is 38.2 Å². The Morgan fingerprint density at radius 2 is 1.15 bits per heavy atom. The number of aliphatic carboxylic acids is 2. The lowest BCUT2D eigenvalue weighted by molar-refractivity contribution is -0.142. The number of carbonyl (C=O) groups excluding carboxylic acids is 3. The van der Waals surface area contributed by atoms with Gasteiger partial charge in [0.25, 0.3) is 0 Å². The molecule has 3 amide bonds. The first kappa shape index (κ1) is 35.5. The Bertz CT molecular complexity index is 822. The number of hydrogen-bond acceptors (Lipinski definition) is 9. The first-order valence-electron chi connectivity index (χ1n) is 13.0. The zero-order chi connectivity index (χ0) is 29.8. The number of carbonyl (C=O) groups is 5. The molecule has 0 saturated carbocycles. The number of hydrogen-bond donors (Lipinski definition) is 10. The molecular weight excluding hydrogens is 514 g/mol.